The molecule has 0 aromatic heterocycles. The third kappa shape index (κ3) is 3.87. The number of likely N-dealkylation sites (tertiary alicyclic amines) is 2. The molecule has 2 amide bonds. The van der Waals surface area contributed by atoms with E-state index in [0.29, 0.717) is 12.1 Å². The van der Waals surface area contributed by atoms with E-state index in [1.807, 2.05) is 18.2 Å². The van der Waals surface area contributed by atoms with Crippen LogP contribution in [0.3, 0.4) is 0 Å². The summed E-state index contributed by atoms with van der Waals surface area (Å²) in [5.41, 5.74) is 1.91. The first-order chi connectivity index (χ1) is 12.0. The van der Waals surface area contributed by atoms with Crippen LogP contribution in [0.1, 0.15) is 48.5 Å². The molecule has 2 aliphatic heterocycles. The molecule has 136 valence electrons. The van der Waals surface area contributed by atoms with Crippen molar-refractivity contribution >= 4 is 11.8 Å². The van der Waals surface area contributed by atoms with E-state index in [1.54, 1.807) is 25.9 Å². The molecular formula is C20H29N3O2. The highest BCUT2D eigenvalue weighted by molar-refractivity contribution is 5.94. The van der Waals surface area contributed by atoms with Crippen LogP contribution < -0.4 is 0 Å². The molecule has 0 unspecified atom stereocenters. The number of rotatable bonds is 4. The largest absolute Gasteiger partial charge is 0.345 e. The molecule has 0 bridgehead atoms. The van der Waals surface area contributed by atoms with Gasteiger partial charge in [0.25, 0.3) is 5.91 Å². The maximum atomic E-state index is 12.2. The van der Waals surface area contributed by atoms with E-state index in [4.69, 9.17) is 0 Å². The molecule has 2 saturated heterocycles. The summed E-state index contributed by atoms with van der Waals surface area (Å²) in [5, 5.41) is 0. The standard InChI is InChI=1S/C20H29N3O2/c1-15(24)23-12-6-10-19(23)18-9-5-11-22(18)14-16-7-4-8-17(13-16)20(25)21(2)3/h4,7-8,13,18-19H,5-6,9-12,14H2,1-3H3/t18-,19-/m1/s1. The minimum atomic E-state index is 0.0402. The summed E-state index contributed by atoms with van der Waals surface area (Å²) in [6.07, 6.45) is 4.56. The highest BCUT2D eigenvalue weighted by Crippen LogP contribution is 2.31. The van der Waals surface area contributed by atoms with E-state index in [-0.39, 0.29) is 11.8 Å². The van der Waals surface area contributed by atoms with E-state index < -0.39 is 0 Å². The monoisotopic (exact) mass is 343 g/mol. The van der Waals surface area contributed by atoms with Crippen LogP contribution in [-0.4, -0.2) is 65.8 Å². The molecule has 2 heterocycles. The van der Waals surface area contributed by atoms with Gasteiger partial charge in [0.2, 0.25) is 5.91 Å². The van der Waals surface area contributed by atoms with Gasteiger partial charge in [-0.3, -0.25) is 14.5 Å². The van der Waals surface area contributed by atoms with Crippen LogP contribution in [-0.2, 0) is 11.3 Å². The van der Waals surface area contributed by atoms with Gasteiger partial charge in [0.15, 0.2) is 0 Å². The van der Waals surface area contributed by atoms with Crippen molar-refractivity contribution in [3.63, 3.8) is 0 Å². The van der Waals surface area contributed by atoms with Gasteiger partial charge >= 0.3 is 0 Å². The fourth-order valence-corrected chi connectivity index (χ4v) is 4.36. The number of carbonyl (C=O) groups is 2. The zero-order chi connectivity index (χ0) is 18.0. The van der Waals surface area contributed by atoms with Gasteiger partial charge in [-0.05, 0) is 49.9 Å². The van der Waals surface area contributed by atoms with Crippen LogP contribution in [0.4, 0.5) is 0 Å². The Labute approximate surface area is 150 Å². The molecule has 0 saturated carbocycles. The minimum Gasteiger partial charge on any atom is -0.345 e. The topological polar surface area (TPSA) is 43.9 Å². The lowest BCUT2D eigenvalue weighted by molar-refractivity contribution is -0.130. The van der Waals surface area contributed by atoms with Crippen LogP contribution >= 0.6 is 0 Å². The average Bonchev–Trinajstić information content (AvgIpc) is 3.22. The predicted octanol–water partition coefficient (Wildman–Crippen LogP) is 2.36. The molecule has 2 aliphatic rings. The van der Waals surface area contributed by atoms with Gasteiger partial charge in [-0.15, -0.1) is 0 Å². The quantitative estimate of drug-likeness (QED) is 0.843. The van der Waals surface area contributed by atoms with Gasteiger partial charge in [0.1, 0.15) is 0 Å². The summed E-state index contributed by atoms with van der Waals surface area (Å²) < 4.78 is 0. The summed E-state index contributed by atoms with van der Waals surface area (Å²) in [5.74, 6) is 0.242. The summed E-state index contributed by atoms with van der Waals surface area (Å²) in [4.78, 5) is 30.3. The second kappa shape index (κ2) is 7.56. The number of hydrogen-bond donors (Lipinski definition) is 0. The Morgan fingerprint density at radius 3 is 2.56 bits per heavy atom. The molecule has 1 aromatic carbocycles. The lowest BCUT2D eigenvalue weighted by Gasteiger charge is -2.34. The van der Waals surface area contributed by atoms with Crippen LogP contribution in [0.25, 0.3) is 0 Å². The maximum Gasteiger partial charge on any atom is 0.253 e. The van der Waals surface area contributed by atoms with E-state index >= 15 is 0 Å². The third-order valence-electron chi connectivity index (χ3n) is 5.53. The second-order valence-electron chi connectivity index (χ2n) is 7.50. The van der Waals surface area contributed by atoms with E-state index in [0.717, 1.165) is 44.5 Å². The Balaban J connectivity index is 1.73. The zero-order valence-electron chi connectivity index (χ0n) is 15.6. The number of amides is 2. The highest BCUT2D eigenvalue weighted by atomic mass is 16.2. The minimum absolute atomic E-state index is 0.0402. The number of hydrogen-bond acceptors (Lipinski definition) is 3. The molecule has 5 heteroatoms. The first-order valence-electron chi connectivity index (χ1n) is 9.29. The smallest absolute Gasteiger partial charge is 0.253 e. The molecule has 2 atom stereocenters. The van der Waals surface area contributed by atoms with Gasteiger partial charge in [-0.1, -0.05) is 12.1 Å². The molecule has 0 spiro atoms. The Morgan fingerprint density at radius 2 is 1.84 bits per heavy atom. The predicted molar refractivity (Wildman–Crippen MR) is 98.3 cm³/mol. The average molecular weight is 343 g/mol. The summed E-state index contributed by atoms with van der Waals surface area (Å²) >= 11 is 0. The lowest BCUT2D eigenvalue weighted by atomic mass is 10.0. The van der Waals surface area contributed by atoms with Crippen LogP contribution in [0.15, 0.2) is 24.3 Å². The van der Waals surface area contributed by atoms with Gasteiger partial charge < -0.3 is 9.80 Å². The summed E-state index contributed by atoms with van der Waals surface area (Å²) in [6, 6.07) is 8.75. The van der Waals surface area contributed by atoms with Gasteiger partial charge in [0.05, 0.1) is 0 Å². The molecule has 0 radical (unpaired) electrons. The summed E-state index contributed by atoms with van der Waals surface area (Å²) in [7, 11) is 3.56. The van der Waals surface area contributed by atoms with Gasteiger partial charge in [0, 0.05) is 51.8 Å². The fraction of sp³-hybridized carbons (Fsp3) is 0.600. The van der Waals surface area contributed by atoms with Crippen molar-refractivity contribution < 1.29 is 9.59 Å². The Morgan fingerprint density at radius 1 is 1.12 bits per heavy atom. The number of nitrogens with zero attached hydrogens (tertiary/aromatic N) is 3. The molecular weight excluding hydrogens is 314 g/mol. The second-order valence-corrected chi connectivity index (χ2v) is 7.50. The molecule has 2 fully saturated rings. The first kappa shape index (κ1) is 17.9. The molecule has 0 aliphatic carbocycles. The Bertz CT molecular complexity index is 644. The van der Waals surface area contributed by atoms with Crippen LogP contribution in [0.5, 0.6) is 0 Å². The molecule has 0 N–H and O–H groups in total. The van der Waals surface area contributed by atoms with E-state index in [9.17, 15) is 9.59 Å². The maximum absolute atomic E-state index is 12.2. The summed E-state index contributed by atoms with van der Waals surface area (Å²) in [6.45, 7) is 4.51. The number of benzene rings is 1. The van der Waals surface area contributed by atoms with E-state index in [2.05, 4.69) is 15.9 Å². The van der Waals surface area contributed by atoms with Crippen molar-refractivity contribution in [2.45, 2.75) is 51.2 Å². The van der Waals surface area contributed by atoms with Gasteiger partial charge in [-0.25, -0.2) is 0 Å². The third-order valence-corrected chi connectivity index (χ3v) is 5.53. The SMILES string of the molecule is CC(=O)N1CCC[C@@H]1[C@H]1CCCN1Cc1cccc(C(=O)N(C)C)c1. The Kier molecular flexibility index (Phi) is 5.42. The van der Waals surface area contributed by atoms with Crippen molar-refractivity contribution in [1.82, 2.24) is 14.7 Å². The van der Waals surface area contributed by atoms with Crippen molar-refractivity contribution in [2.75, 3.05) is 27.2 Å². The Hall–Kier alpha value is -1.88. The lowest BCUT2D eigenvalue weighted by Crippen LogP contribution is -2.47. The number of carbonyl (C=O) groups excluding carboxylic acids is 2. The zero-order valence-corrected chi connectivity index (χ0v) is 15.6. The molecule has 3 rings (SSSR count). The molecule has 25 heavy (non-hydrogen) atoms. The van der Waals surface area contributed by atoms with Crippen LogP contribution in [0, 0.1) is 0 Å². The van der Waals surface area contributed by atoms with Crippen LogP contribution in [0.2, 0.25) is 0 Å². The fourth-order valence-electron chi connectivity index (χ4n) is 4.36. The molecule has 5 nitrogen and oxygen atoms in total. The molecule has 1 aromatic rings. The van der Waals surface area contributed by atoms with Gasteiger partial charge in [-0.2, -0.15) is 0 Å². The van der Waals surface area contributed by atoms with Crippen molar-refractivity contribution in [3.8, 4) is 0 Å². The first-order valence-corrected chi connectivity index (χ1v) is 9.29. The van der Waals surface area contributed by atoms with Crippen molar-refractivity contribution in [1.29, 1.82) is 0 Å². The van der Waals surface area contributed by atoms with Crippen molar-refractivity contribution in [2.24, 2.45) is 0 Å². The normalized spacial score (nSPS) is 23.9. The van der Waals surface area contributed by atoms with Crippen molar-refractivity contribution in [3.05, 3.63) is 35.4 Å². The highest BCUT2D eigenvalue weighted by Gasteiger charge is 2.38. The van der Waals surface area contributed by atoms with E-state index in [1.165, 1.54) is 12.0 Å².